The van der Waals surface area contributed by atoms with Crippen molar-refractivity contribution in [3.63, 3.8) is 0 Å². The maximum atomic E-state index is 13.4. The van der Waals surface area contributed by atoms with Crippen molar-refractivity contribution in [1.82, 2.24) is 14.8 Å². The minimum absolute atomic E-state index is 0.0550. The molecule has 30 heavy (non-hydrogen) atoms. The number of rotatable bonds is 9. The largest absolute Gasteiger partial charge is 0.383 e. The minimum Gasteiger partial charge on any atom is -0.383 e. The molecule has 0 fully saturated rings. The Bertz CT molecular complexity index is 896. The van der Waals surface area contributed by atoms with Crippen LogP contribution in [0.25, 0.3) is 10.9 Å². The second-order valence-electron chi connectivity index (χ2n) is 7.63. The molecule has 2 aromatic rings. The van der Waals surface area contributed by atoms with Crippen LogP contribution in [0.4, 0.5) is 0 Å². The Morgan fingerprint density at radius 3 is 2.80 bits per heavy atom. The van der Waals surface area contributed by atoms with Crippen LogP contribution in [0.2, 0.25) is 0 Å². The van der Waals surface area contributed by atoms with Gasteiger partial charge in [0.1, 0.15) is 6.04 Å². The van der Waals surface area contributed by atoms with Gasteiger partial charge in [0.2, 0.25) is 11.8 Å². The van der Waals surface area contributed by atoms with Crippen molar-refractivity contribution in [2.24, 2.45) is 7.05 Å². The van der Waals surface area contributed by atoms with Crippen molar-refractivity contribution >= 4 is 34.5 Å². The average Bonchev–Trinajstić information content (AvgIpc) is 2.90. The number of thioether (sulfide) groups is 1. The zero-order chi connectivity index (χ0) is 21.7. The molecule has 7 nitrogen and oxygen atoms in total. The molecule has 1 atom stereocenters. The molecule has 1 N–H and O–H groups in total. The highest BCUT2D eigenvalue weighted by Crippen LogP contribution is 2.41. The first kappa shape index (κ1) is 22.7. The summed E-state index contributed by atoms with van der Waals surface area (Å²) in [4.78, 5) is 28.0. The van der Waals surface area contributed by atoms with E-state index in [9.17, 15) is 9.59 Å². The first-order valence-electron chi connectivity index (χ1n) is 10.3. The maximum Gasteiger partial charge on any atom is 0.247 e. The van der Waals surface area contributed by atoms with Crippen molar-refractivity contribution in [3.05, 3.63) is 29.8 Å². The molecule has 0 bridgehead atoms. The lowest BCUT2D eigenvalue weighted by atomic mass is 10.0. The molecule has 0 radical (unpaired) electrons. The number of benzene rings is 1. The lowest BCUT2D eigenvalue weighted by molar-refractivity contribution is -0.139. The zero-order valence-electron chi connectivity index (χ0n) is 18.1. The topological polar surface area (TPSA) is 72.8 Å². The summed E-state index contributed by atoms with van der Waals surface area (Å²) >= 11 is 1.49. The Morgan fingerprint density at radius 2 is 2.07 bits per heavy atom. The molecule has 8 heteroatoms. The highest BCUT2D eigenvalue weighted by Gasteiger charge is 2.38. The highest BCUT2D eigenvalue weighted by atomic mass is 32.2. The van der Waals surface area contributed by atoms with Crippen molar-refractivity contribution in [1.29, 1.82) is 0 Å². The van der Waals surface area contributed by atoms with Gasteiger partial charge in [0.15, 0.2) is 0 Å². The number of para-hydroxylation sites is 1. The van der Waals surface area contributed by atoms with Crippen LogP contribution in [-0.2, 0) is 26.1 Å². The third kappa shape index (κ3) is 4.82. The van der Waals surface area contributed by atoms with Crippen molar-refractivity contribution in [2.45, 2.75) is 37.4 Å². The molecule has 2 amide bonds. The first-order chi connectivity index (χ1) is 14.5. The third-order valence-corrected chi connectivity index (χ3v) is 6.34. The zero-order valence-corrected chi connectivity index (χ0v) is 19.0. The number of ether oxygens (including phenoxy) is 2. The van der Waals surface area contributed by atoms with Crippen LogP contribution in [0.5, 0.6) is 0 Å². The predicted octanol–water partition coefficient (Wildman–Crippen LogP) is 2.73. The lowest BCUT2D eigenvalue weighted by Crippen LogP contribution is -2.45. The second kappa shape index (κ2) is 10.3. The number of hydrogen-bond acceptors (Lipinski definition) is 5. The summed E-state index contributed by atoms with van der Waals surface area (Å²) in [5.74, 6) is 0.0806. The Hall–Kier alpha value is -2.03. The van der Waals surface area contributed by atoms with E-state index in [-0.39, 0.29) is 17.9 Å². The summed E-state index contributed by atoms with van der Waals surface area (Å²) < 4.78 is 12.9. The smallest absolute Gasteiger partial charge is 0.247 e. The van der Waals surface area contributed by atoms with Crippen molar-refractivity contribution < 1.29 is 19.1 Å². The van der Waals surface area contributed by atoms with Crippen LogP contribution in [0.1, 0.15) is 31.9 Å². The van der Waals surface area contributed by atoms with Gasteiger partial charge in [-0.3, -0.25) is 9.59 Å². The van der Waals surface area contributed by atoms with Crippen LogP contribution >= 0.6 is 11.8 Å². The first-order valence-corrected chi connectivity index (χ1v) is 11.3. The van der Waals surface area contributed by atoms with E-state index in [1.54, 1.807) is 12.0 Å². The molecule has 1 aliphatic heterocycles. The van der Waals surface area contributed by atoms with Gasteiger partial charge in [-0.15, -0.1) is 0 Å². The van der Waals surface area contributed by atoms with Crippen molar-refractivity contribution in [3.8, 4) is 0 Å². The number of carbonyl (C=O) groups excluding carboxylic acids is 2. The van der Waals surface area contributed by atoms with Gasteiger partial charge < -0.3 is 24.3 Å². The van der Waals surface area contributed by atoms with Crippen LogP contribution in [0.15, 0.2) is 29.3 Å². The second-order valence-corrected chi connectivity index (χ2v) is 8.59. The minimum atomic E-state index is -0.685. The molecular weight excluding hydrogens is 402 g/mol. The van der Waals surface area contributed by atoms with Gasteiger partial charge in [-0.2, -0.15) is 0 Å². The van der Waals surface area contributed by atoms with E-state index >= 15 is 0 Å². The molecule has 1 aromatic heterocycles. The Kier molecular flexibility index (Phi) is 7.80. The standard InChI is InChI=1S/C22H31N3O4S/c1-15(2)29-12-7-10-23-21(27)20-19-16-8-5-6-9-17(16)24(3)22(19)30-14-18(26)25(20)11-13-28-4/h5-6,8-9,15,20H,7,10-14H2,1-4H3,(H,23,27). The van der Waals surface area contributed by atoms with Gasteiger partial charge in [-0.25, -0.2) is 0 Å². The molecule has 1 aromatic carbocycles. The molecule has 1 unspecified atom stereocenters. The summed E-state index contributed by atoms with van der Waals surface area (Å²) in [6, 6.07) is 7.34. The molecule has 2 heterocycles. The van der Waals surface area contributed by atoms with E-state index in [1.807, 2.05) is 45.2 Å². The van der Waals surface area contributed by atoms with Crippen LogP contribution in [-0.4, -0.2) is 66.6 Å². The number of hydrogen-bond donors (Lipinski definition) is 1. The van der Waals surface area contributed by atoms with Gasteiger partial charge >= 0.3 is 0 Å². The number of amides is 2. The van der Waals surface area contributed by atoms with Gasteiger partial charge in [0.25, 0.3) is 0 Å². The van der Waals surface area contributed by atoms with Gasteiger partial charge in [0, 0.05) is 50.3 Å². The van der Waals surface area contributed by atoms with Gasteiger partial charge in [-0.1, -0.05) is 30.0 Å². The lowest BCUT2D eigenvalue weighted by Gasteiger charge is -2.29. The van der Waals surface area contributed by atoms with E-state index in [0.717, 1.165) is 27.9 Å². The van der Waals surface area contributed by atoms with E-state index < -0.39 is 6.04 Å². The summed E-state index contributed by atoms with van der Waals surface area (Å²) in [6.07, 6.45) is 0.889. The number of fused-ring (bicyclic) bond motifs is 3. The third-order valence-electron chi connectivity index (χ3n) is 5.18. The van der Waals surface area contributed by atoms with Crippen LogP contribution in [0, 0.1) is 0 Å². The quantitative estimate of drug-likeness (QED) is 0.616. The van der Waals surface area contributed by atoms with Crippen LogP contribution in [0.3, 0.4) is 0 Å². The molecule has 1 aliphatic rings. The highest BCUT2D eigenvalue weighted by molar-refractivity contribution is 8.00. The van der Waals surface area contributed by atoms with Crippen molar-refractivity contribution in [2.75, 3.05) is 39.2 Å². The number of methoxy groups -OCH3 is 1. The van der Waals surface area contributed by atoms with Gasteiger partial charge in [0.05, 0.1) is 23.5 Å². The monoisotopic (exact) mass is 433 g/mol. The predicted molar refractivity (Wildman–Crippen MR) is 119 cm³/mol. The molecule has 3 rings (SSSR count). The number of aryl methyl sites for hydroxylation is 1. The summed E-state index contributed by atoms with van der Waals surface area (Å²) in [5, 5.41) is 4.99. The fourth-order valence-electron chi connectivity index (χ4n) is 3.77. The normalized spacial score (nSPS) is 16.8. The Balaban J connectivity index is 1.93. The summed E-state index contributed by atoms with van der Waals surface area (Å²) in [7, 11) is 3.59. The molecular formula is C22H31N3O4S. The number of aromatic nitrogens is 1. The number of nitrogens with zero attached hydrogens (tertiary/aromatic N) is 2. The fraction of sp³-hybridized carbons (Fsp3) is 0.545. The molecule has 0 spiro atoms. The van der Waals surface area contributed by atoms with E-state index in [0.29, 0.717) is 32.1 Å². The van der Waals surface area contributed by atoms with E-state index in [2.05, 4.69) is 9.88 Å². The maximum absolute atomic E-state index is 13.4. The molecule has 164 valence electrons. The van der Waals surface area contributed by atoms with Crippen LogP contribution < -0.4 is 5.32 Å². The summed E-state index contributed by atoms with van der Waals surface area (Å²) in [6.45, 7) is 5.81. The average molecular weight is 434 g/mol. The Morgan fingerprint density at radius 1 is 1.30 bits per heavy atom. The Labute approximate surface area is 182 Å². The summed E-state index contributed by atoms with van der Waals surface area (Å²) in [5.41, 5.74) is 1.95. The molecule has 0 saturated carbocycles. The van der Waals surface area contributed by atoms with Gasteiger partial charge in [-0.05, 0) is 26.3 Å². The fourth-order valence-corrected chi connectivity index (χ4v) is 4.86. The van der Waals surface area contributed by atoms with E-state index in [1.165, 1.54) is 11.8 Å². The molecule has 0 saturated heterocycles. The number of carbonyl (C=O) groups is 2. The molecule has 0 aliphatic carbocycles. The number of nitrogens with one attached hydrogen (secondary N) is 1. The van der Waals surface area contributed by atoms with E-state index in [4.69, 9.17) is 9.47 Å². The SMILES string of the molecule is COCCN1C(=O)CSc2c(c3ccccc3n2C)C1C(=O)NCCCOC(C)C.